The van der Waals surface area contributed by atoms with E-state index in [0.29, 0.717) is 37.0 Å². The topological polar surface area (TPSA) is 102 Å². The first-order valence-corrected chi connectivity index (χ1v) is 11.6. The number of aliphatic hydroxyl groups is 1. The third-order valence-corrected chi connectivity index (χ3v) is 6.83. The molecule has 1 aliphatic heterocycles. The van der Waals surface area contributed by atoms with Crippen molar-refractivity contribution in [3.05, 3.63) is 42.7 Å². The highest BCUT2D eigenvalue weighted by Crippen LogP contribution is 2.35. The van der Waals surface area contributed by atoms with Crippen LogP contribution in [-0.2, 0) is 6.54 Å². The number of hydrogen-bond donors (Lipinski definition) is 2. The van der Waals surface area contributed by atoms with Crippen LogP contribution in [0.25, 0.3) is 33.1 Å². The molecule has 2 aliphatic rings. The highest BCUT2D eigenvalue weighted by Gasteiger charge is 2.33. The van der Waals surface area contributed by atoms with E-state index in [1.807, 2.05) is 12.1 Å². The SMILES string of the molecule is CN1CCC(O)(Cn2nc(-c3ccc4cc(OC5CC5)ccc4c3)c3c(N)ncnc32)CC1. The summed E-state index contributed by atoms with van der Waals surface area (Å²) in [6.45, 7) is 2.09. The number of nitrogens with zero attached hydrogens (tertiary/aromatic N) is 5. The average Bonchev–Trinajstić information content (AvgIpc) is 3.55. The minimum Gasteiger partial charge on any atom is -0.490 e. The molecule has 3 N–H and O–H groups in total. The normalized spacial score (nSPS) is 18.7. The summed E-state index contributed by atoms with van der Waals surface area (Å²) in [4.78, 5) is 10.9. The second kappa shape index (κ2) is 7.67. The van der Waals surface area contributed by atoms with Gasteiger partial charge in [-0.3, -0.25) is 0 Å². The van der Waals surface area contributed by atoms with Crippen LogP contribution < -0.4 is 10.5 Å². The molecule has 3 heterocycles. The number of nitrogen functional groups attached to an aromatic ring is 1. The van der Waals surface area contributed by atoms with Crippen LogP contribution in [0.3, 0.4) is 0 Å². The Bertz CT molecular complexity index is 1340. The van der Waals surface area contributed by atoms with Crippen LogP contribution in [0.1, 0.15) is 25.7 Å². The predicted octanol–water partition coefficient (Wildman–Crippen LogP) is 3.23. The van der Waals surface area contributed by atoms with Gasteiger partial charge in [-0.1, -0.05) is 18.2 Å². The van der Waals surface area contributed by atoms with Gasteiger partial charge < -0.3 is 20.5 Å². The van der Waals surface area contributed by atoms with Crippen LogP contribution in [0.15, 0.2) is 42.7 Å². The third kappa shape index (κ3) is 3.89. The Labute approximate surface area is 192 Å². The molecule has 8 heteroatoms. The number of rotatable bonds is 5. The Morgan fingerprint density at radius 3 is 2.64 bits per heavy atom. The van der Waals surface area contributed by atoms with Crippen LogP contribution in [0.2, 0.25) is 0 Å². The number of nitrogens with two attached hydrogens (primary N) is 1. The molecule has 0 bridgehead atoms. The number of fused-ring (bicyclic) bond motifs is 2. The lowest BCUT2D eigenvalue weighted by Gasteiger charge is -2.36. The molecule has 0 unspecified atom stereocenters. The Kier molecular flexibility index (Phi) is 4.74. The summed E-state index contributed by atoms with van der Waals surface area (Å²) in [5, 5.41) is 19.0. The zero-order valence-electron chi connectivity index (χ0n) is 18.7. The second-order valence-corrected chi connectivity index (χ2v) is 9.53. The Balaban J connectivity index is 1.39. The predicted molar refractivity (Wildman–Crippen MR) is 128 cm³/mol. The molecule has 0 radical (unpaired) electrons. The van der Waals surface area contributed by atoms with E-state index in [1.165, 1.54) is 6.33 Å². The lowest BCUT2D eigenvalue weighted by Crippen LogP contribution is -2.45. The van der Waals surface area contributed by atoms with E-state index in [9.17, 15) is 5.11 Å². The number of ether oxygens (including phenoxy) is 1. The molecule has 1 saturated carbocycles. The zero-order chi connectivity index (χ0) is 22.6. The fourth-order valence-corrected chi connectivity index (χ4v) is 4.64. The van der Waals surface area contributed by atoms with Crippen molar-refractivity contribution >= 4 is 27.6 Å². The molecule has 0 amide bonds. The minimum atomic E-state index is -0.816. The standard InChI is InChI=1S/C25H28N6O2/c1-30-10-8-25(32,9-11-30)14-31-24-21(23(26)27-15-28-24)22(29-31)18-3-2-17-13-20(33-19-6-7-19)5-4-16(17)12-18/h2-5,12-13,15,19,32H,6-11,14H2,1H3,(H2,26,27,28). The van der Waals surface area contributed by atoms with E-state index in [4.69, 9.17) is 15.6 Å². The molecule has 0 spiro atoms. The molecule has 0 atom stereocenters. The maximum absolute atomic E-state index is 11.2. The van der Waals surface area contributed by atoms with Gasteiger partial charge in [-0.05, 0) is 61.7 Å². The molecule has 2 aromatic carbocycles. The van der Waals surface area contributed by atoms with E-state index in [-0.39, 0.29) is 0 Å². The van der Waals surface area contributed by atoms with Crippen molar-refractivity contribution in [1.82, 2.24) is 24.6 Å². The lowest BCUT2D eigenvalue weighted by molar-refractivity contribution is -0.0306. The van der Waals surface area contributed by atoms with Gasteiger partial charge in [0.1, 0.15) is 23.6 Å². The lowest BCUT2D eigenvalue weighted by atomic mass is 9.92. The molecule has 4 aromatic rings. The average molecular weight is 445 g/mol. The van der Waals surface area contributed by atoms with Gasteiger partial charge >= 0.3 is 0 Å². The maximum Gasteiger partial charge on any atom is 0.164 e. The fraction of sp³-hybridized carbons (Fsp3) is 0.400. The van der Waals surface area contributed by atoms with Crippen molar-refractivity contribution in [1.29, 1.82) is 0 Å². The number of likely N-dealkylation sites (tertiary alicyclic amines) is 1. The van der Waals surface area contributed by atoms with Gasteiger partial charge in [0.2, 0.25) is 0 Å². The van der Waals surface area contributed by atoms with Gasteiger partial charge in [-0.25, -0.2) is 14.6 Å². The summed E-state index contributed by atoms with van der Waals surface area (Å²) in [5.74, 6) is 1.31. The van der Waals surface area contributed by atoms with Crippen molar-refractivity contribution in [2.24, 2.45) is 0 Å². The molecule has 2 aromatic heterocycles. The summed E-state index contributed by atoms with van der Waals surface area (Å²) in [5.41, 5.74) is 7.80. The molecular formula is C25H28N6O2. The highest BCUT2D eigenvalue weighted by molar-refractivity contribution is 6.00. The van der Waals surface area contributed by atoms with E-state index in [2.05, 4.69) is 46.2 Å². The van der Waals surface area contributed by atoms with E-state index >= 15 is 0 Å². The zero-order valence-corrected chi connectivity index (χ0v) is 18.7. The quantitative estimate of drug-likeness (QED) is 0.487. The van der Waals surface area contributed by atoms with Crippen LogP contribution in [0.5, 0.6) is 5.75 Å². The van der Waals surface area contributed by atoms with Gasteiger partial charge in [0.15, 0.2) is 5.65 Å². The Morgan fingerprint density at radius 1 is 1.09 bits per heavy atom. The molecule has 6 rings (SSSR count). The van der Waals surface area contributed by atoms with Gasteiger partial charge in [-0.2, -0.15) is 5.10 Å². The minimum absolute atomic E-state index is 0.374. The molecule has 2 fully saturated rings. The van der Waals surface area contributed by atoms with Crippen LogP contribution in [-0.4, -0.2) is 61.6 Å². The van der Waals surface area contributed by atoms with E-state index in [1.54, 1.807) is 4.68 Å². The van der Waals surface area contributed by atoms with Crippen molar-refractivity contribution in [2.45, 2.75) is 43.9 Å². The fourth-order valence-electron chi connectivity index (χ4n) is 4.64. The Hall–Kier alpha value is -3.23. The Morgan fingerprint density at radius 2 is 1.85 bits per heavy atom. The molecule has 8 nitrogen and oxygen atoms in total. The van der Waals surface area contributed by atoms with Crippen LogP contribution in [0, 0.1) is 0 Å². The molecule has 1 aliphatic carbocycles. The number of benzene rings is 2. The van der Waals surface area contributed by atoms with Crippen molar-refractivity contribution in [2.75, 3.05) is 25.9 Å². The first kappa shape index (κ1) is 20.4. The number of anilines is 1. The molecule has 1 saturated heterocycles. The summed E-state index contributed by atoms with van der Waals surface area (Å²) in [7, 11) is 2.08. The van der Waals surface area contributed by atoms with Crippen molar-refractivity contribution in [3.63, 3.8) is 0 Å². The number of aromatic nitrogens is 4. The van der Waals surface area contributed by atoms with Crippen molar-refractivity contribution < 1.29 is 9.84 Å². The first-order chi connectivity index (χ1) is 16.0. The number of hydrogen-bond acceptors (Lipinski definition) is 7. The smallest absolute Gasteiger partial charge is 0.164 e. The van der Waals surface area contributed by atoms with Crippen LogP contribution in [0.4, 0.5) is 5.82 Å². The summed E-state index contributed by atoms with van der Waals surface area (Å²) in [6.07, 6.45) is 5.51. The highest BCUT2D eigenvalue weighted by atomic mass is 16.5. The first-order valence-electron chi connectivity index (χ1n) is 11.6. The van der Waals surface area contributed by atoms with E-state index in [0.717, 1.165) is 59.1 Å². The monoisotopic (exact) mass is 444 g/mol. The summed E-state index contributed by atoms with van der Waals surface area (Å²) >= 11 is 0. The number of piperidine rings is 1. The van der Waals surface area contributed by atoms with Gasteiger partial charge in [0.05, 0.1) is 23.6 Å². The van der Waals surface area contributed by atoms with Crippen molar-refractivity contribution in [3.8, 4) is 17.0 Å². The van der Waals surface area contributed by atoms with Gasteiger partial charge in [0, 0.05) is 18.7 Å². The summed E-state index contributed by atoms with van der Waals surface area (Å²) in [6, 6.07) is 12.4. The largest absolute Gasteiger partial charge is 0.490 e. The second-order valence-electron chi connectivity index (χ2n) is 9.53. The molecule has 33 heavy (non-hydrogen) atoms. The molecular weight excluding hydrogens is 416 g/mol. The van der Waals surface area contributed by atoms with Gasteiger partial charge in [0.25, 0.3) is 0 Å². The maximum atomic E-state index is 11.2. The summed E-state index contributed by atoms with van der Waals surface area (Å²) < 4.78 is 7.73. The van der Waals surface area contributed by atoms with Crippen LogP contribution >= 0.6 is 0 Å². The van der Waals surface area contributed by atoms with Gasteiger partial charge in [-0.15, -0.1) is 0 Å². The third-order valence-electron chi connectivity index (χ3n) is 6.83. The molecule has 170 valence electrons. The van der Waals surface area contributed by atoms with E-state index < -0.39 is 5.60 Å².